The SMILES string of the molecule is C=C(Nc1cncc(C)c1)c1n[nH]c2ccc(-c3cncc(CN4CCC(F)(F)CC4)c3)cc12. The van der Waals surface area contributed by atoms with Gasteiger partial charge in [-0.05, 0) is 47.9 Å². The number of pyridine rings is 2. The van der Waals surface area contributed by atoms with Gasteiger partial charge in [-0.25, -0.2) is 8.78 Å². The van der Waals surface area contributed by atoms with Gasteiger partial charge in [-0.1, -0.05) is 12.6 Å². The Balaban J connectivity index is 1.37. The van der Waals surface area contributed by atoms with Crippen molar-refractivity contribution in [3.63, 3.8) is 0 Å². The van der Waals surface area contributed by atoms with Gasteiger partial charge in [0.1, 0.15) is 5.69 Å². The Bertz CT molecular complexity index is 1340. The maximum Gasteiger partial charge on any atom is 0.250 e. The highest BCUT2D eigenvalue weighted by molar-refractivity contribution is 5.95. The van der Waals surface area contributed by atoms with Crippen LogP contribution in [0.25, 0.3) is 27.7 Å². The lowest BCUT2D eigenvalue weighted by Gasteiger charge is -2.31. The van der Waals surface area contributed by atoms with Crippen LogP contribution in [0.2, 0.25) is 0 Å². The van der Waals surface area contributed by atoms with Crippen LogP contribution in [-0.2, 0) is 6.54 Å². The van der Waals surface area contributed by atoms with Crippen LogP contribution in [0.15, 0.2) is 61.7 Å². The molecule has 174 valence electrons. The molecule has 0 saturated carbocycles. The van der Waals surface area contributed by atoms with E-state index in [2.05, 4.69) is 49.1 Å². The summed E-state index contributed by atoms with van der Waals surface area (Å²) in [6.45, 7) is 7.56. The second-order valence-electron chi connectivity index (χ2n) is 8.90. The Kier molecular flexibility index (Phi) is 5.83. The largest absolute Gasteiger partial charge is 0.353 e. The van der Waals surface area contributed by atoms with E-state index in [0.717, 1.165) is 44.5 Å². The summed E-state index contributed by atoms with van der Waals surface area (Å²) in [5.41, 5.74) is 7.19. The number of piperidine rings is 1. The van der Waals surface area contributed by atoms with Gasteiger partial charge in [0, 0.05) is 62.0 Å². The Hall–Kier alpha value is -3.65. The van der Waals surface area contributed by atoms with Crippen LogP contribution in [0.4, 0.5) is 14.5 Å². The lowest BCUT2D eigenvalue weighted by Crippen LogP contribution is -2.38. The highest BCUT2D eigenvalue weighted by Crippen LogP contribution is 2.30. The average molecular weight is 461 g/mol. The Morgan fingerprint density at radius 3 is 2.65 bits per heavy atom. The minimum Gasteiger partial charge on any atom is -0.353 e. The number of rotatable bonds is 6. The summed E-state index contributed by atoms with van der Waals surface area (Å²) in [5, 5.41) is 11.8. The van der Waals surface area contributed by atoms with Crippen LogP contribution in [0.3, 0.4) is 0 Å². The minimum absolute atomic E-state index is 0.0867. The number of hydrogen-bond acceptors (Lipinski definition) is 5. The summed E-state index contributed by atoms with van der Waals surface area (Å²) in [6, 6.07) is 10.2. The molecule has 4 aromatic rings. The number of likely N-dealkylation sites (tertiary alicyclic amines) is 1. The third-order valence-electron chi connectivity index (χ3n) is 6.14. The molecule has 1 aromatic carbocycles. The van der Waals surface area contributed by atoms with Crippen LogP contribution in [0, 0.1) is 6.92 Å². The third kappa shape index (κ3) is 4.82. The Labute approximate surface area is 196 Å². The summed E-state index contributed by atoms with van der Waals surface area (Å²) >= 11 is 0. The minimum atomic E-state index is -2.54. The maximum absolute atomic E-state index is 13.5. The van der Waals surface area contributed by atoms with Crippen molar-refractivity contribution in [2.45, 2.75) is 32.2 Å². The summed E-state index contributed by atoms with van der Waals surface area (Å²) in [5.74, 6) is -2.54. The number of benzene rings is 1. The fourth-order valence-corrected chi connectivity index (χ4v) is 4.31. The van der Waals surface area contributed by atoms with Crippen LogP contribution in [0.1, 0.15) is 29.7 Å². The van der Waals surface area contributed by atoms with Crippen molar-refractivity contribution in [1.82, 2.24) is 25.1 Å². The number of nitrogens with one attached hydrogen (secondary N) is 2. The van der Waals surface area contributed by atoms with Gasteiger partial charge in [-0.2, -0.15) is 5.10 Å². The number of anilines is 1. The van der Waals surface area contributed by atoms with Gasteiger partial charge in [-0.15, -0.1) is 0 Å². The van der Waals surface area contributed by atoms with E-state index in [1.165, 1.54) is 0 Å². The molecule has 1 fully saturated rings. The first-order valence-corrected chi connectivity index (χ1v) is 11.3. The monoisotopic (exact) mass is 460 g/mol. The predicted octanol–water partition coefficient (Wildman–Crippen LogP) is 5.64. The first-order valence-electron chi connectivity index (χ1n) is 11.3. The van der Waals surface area contributed by atoms with Gasteiger partial charge in [0.05, 0.1) is 23.1 Å². The summed E-state index contributed by atoms with van der Waals surface area (Å²) < 4.78 is 26.9. The van der Waals surface area contributed by atoms with E-state index in [9.17, 15) is 8.78 Å². The smallest absolute Gasteiger partial charge is 0.250 e. The molecule has 0 aliphatic carbocycles. The zero-order valence-corrected chi connectivity index (χ0v) is 19.0. The van der Waals surface area contributed by atoms with Gasteiger partial charge >= 0.3 is 0 Å². The molecule has 34 heavy (non-hydrogen) atoms. The van der Waals surface area contributed by atoms with Crippen molar-refractivity contribution in [3.05, 3.63) is 78.5 Å². The lowest BCUT2D eigenvalue weighted by atomic mass is 10.0. The molecule has 1 saturated heterocycles. The zero-order chi connectivity index (χ0) is 23.7. The number of nitrogens with zero attached hydrogens (tertiary/aromatic N) is 4. The number of fused-ring (bicyclic) bond motifs is 1. The number of aromatic amines is 1. The maximum atomic E-state index is 13.5. The van der Waals surface area contributed by atoms with Gasteiger partial charge in [0.25, 0.3) is 5.92 Å². The predicted molar refractivity (Wildman–Crippen MR) is 130 cm³/mol. The quantitative estimate of drug-likeness (QED) is 0.390. The van der Waals surface area contributed by atoms with Gasteiger partial charge in [-0.3, -0.25) is 20.0 Å². The highest BCUT2D eigenvalue weighted by atomic mass is 19.3. The Morgan fingerprint density at radius 1 is 1.06 bits per heavy atom. The van der Waals surface area contributed by atoms with Gasteiger partial charge < -0.3 is 5.32 Å². The second-order valence-corrected chi connectivity index (χ2v) is 8.90. The molecule has 0 unspecified atom stereocenters. The molecule has 0 radical (unpaired) electrons. The number of H-pyrrole nitrogens is 1. The normalized spacial score (nSPS) is 16.0. The van der Waals surface area contributed by atoms with Gasteiger partial charge in [0.15, 0.2) is 0 Å². The van der Waals surface area contributed by atoms with Crippen molar-refractivity contribution < 1.29 is 8.78 Å². The van der Waals surface area contributed by atoms with Crippen molar-refractivity contribution in [1.29, 1.82) is 0 Å². The molecule has 5 rings (SSSR count). The van der Waals surface area contributed by atoms with E-state index < -0.39 is 5.92 Å². The first kappa shape index (κ1) is 22.2. The van der Waals surface area contributed by atoms with Crippen molar-refractivity contribution in [3.8, 4) is 11.1 Å². The van der Waals surface area contributed by atoms with Crippen LogP contribution < -0.4 is 5.32 Å². The molecule has 8 heteroatoms. The summed E-state index contributed by atoms with van der Waals surface area (Å²) in [7, 11) is 0. The molecule has 0 spiro atoms. The average Bonchev–Trinajstić information content (AvgIpc) is 3.24. The molecule has 4 heterocycles. The Morgan fingerprint density at radius 2 is 1.85 bits per heavy atom. The van der Waals surface area contributed by atoms with E-state index in [1.807, 2.05) is 31.3 Å². The van der Waals surface area contributed by atoms with Crippen molar-refractivity contribution in [2.75, 3.05) is 18.4 Å². The molecule has 2 N–H and O–H groups in total. The molecule has 1 aliphatic rings. The molecule has 0 bridgehead atoms. The molecule has 1 aliphatic heterocycles. The molecule has 0 atom stereocenters. The fourth-order valence-electron chi connectivity index (χ4n) is 4.31. The second kappa shape index (κ2) is 8.95. The van der Waals surface area contributed by atoms with Crippen molar-refractivity contribution >= 4 is 22.3 Å². The first-order chi connectivity index (χ1) is 16.4. The van der Waals surface area contributed by atoms with Crippen molar-refractivity contribution in [2.24, 2.45) is 0 Å². The van der Waals surface area contributed by atoms with E-state index in [4.69, 9.17) is 0 Å². The lowest BCUT2D eigenvalue weighted by molar-refractivity contribution is -0.0566. The molecular weight excluding hydrogens is 434 g/mol. The summed E-state index contributed by atoms with van der Waals surface area (Å²) in [4.78, 5) is 10.7. The molecule has 3 aromatic heterocycles. The number of aryl methyl sites for hydroxylation is 1. The van der Waals surface area contributed by atoms with Crippen LogP contribution in [-0.4, -0.2) is 44.1 Å². The van der Waals surface area contributed by atoms with Crippen LogP contribution in [0.5, 0.6) is 0 Å². The van der Waals surface area contributed by atoms with Crippen LogP contribution >= 0.6 is 0 Å². The fraction of sp³-hybridized carbons (Fsp3) is 0.269. The van der Waals surface area contributed by atoms with E-state index >= 15 is 0 Å². The number of hydrogen-bond donors (Lipinski definition) is 2. The topological polar surface area (TPSA) is 69.7 Å². The van der Waals surface area contributed by atoms with E-state index in [0.29, 0.717) is 25.3 Å². The molecular formula is C26H26F2N6. The van der Waals surface area contributed by atoms with E-state index in [1.54, 1.807) is 18.6 Å². The number of halogens is 2. The number of aromatic nitrogens is 4. The highest BCUT2D eigenvalue weighted by Gasteiger charge is 2.33. The third-order valence-corrected chi connectivity index (χ3v) is 6.14. The standard InChI is InChI=1S/C26H26F2N6/c1-17-9-22(15-29-12-17)31-18(2)25-23-11-20(3-4-24(23)32-33-25)21-10-19(13-30-14-21)16-34-7-5-26(27,28)6-8-34/h3-4,9-15,31H,2,5-8,16H2,1H3,(H,32,33). The summed E-state index contributed by atoms with van der Waals surface area (Å²) in [6.07, 6.45) is 7.00. The molecule has 0 amide bonds. The number of alkyl halides is 2. The zero-order valence-electron chi connectivity index (χ0n) is 19.0. The van der Waals surface area contributed by atoms with Gasteiger partial charge in [0.2, 0.25) is 0 Å². The van der Waals surface area contributed by atoms with E-state index in [-0.39, 0.29) is 12.8 Å². The molecule has 6 nitrogen and oxygen atoms in total.